The number of carbonyl (C=O) groups is 1. The molecule has 4 rings (SSSR count). The second-order valence-corrected chi connectivity index (χ2v) is 7.39. The van der Waals surface area contributed by atoms with E-state index in [2.05, 4.69) is 41.8 Å². The third-order valence-corrected chi connectivity index (χ3v) is 5.06. The Bertz CT molecular complexity index is 1040. The van der Waals surface area contributed by atoms with E-state index in [9.17, 15) is 4.79 Å². The van der Waals surface area contributed by atoms with Crippen LogP contribution in [-0.2, 0) is 12.8 Å². The van der Waals surface area contributed by atoms with Gasteiger partial charge in [-0.25, -0.2) is 4.98 Å². The topological polar surface area (TPSA) is 97.2 Å². The maximum absolute atomic E-state index is 12.6. The Morgan fingerprint density at radius 1 is 0.968 bits per heavy atom. The molecule has 1 fully saturated rings. The maximum atomic E-state index is 12.6. The summed E-state index contributed by atoms with van der Waals surface area (Å²) in [6.07, 6.45) is 2.41. The molecule has 0 unspecified atom stereocenters. The smallest absolute Gasteiger partial charge is 0.329 e. The zero-order valence-electron chi connectivity index (χ0n) is 17.7. The molecule has 9 heteroatoms. The number of Topliss-reactive ketones (excluding diaryl/α,β-unsaturated/α-hetero) is 1. The summed E-state index contributed by atoms with van der Waals surface area (Å²) >= 11 is 0. The minimum absolute atomic E-state index is 0.0384. The summed E-state index contributed by atoms with van der Waals surface area (Å²) in [6, 6.07) is 11.3. The third kappa shape index (κ3) is 5.37. The summed E-state index contributed by atoms with van der Waals surface area (Å²) in [5.41, 5.74) is 1.22. The van der Waals surface area contributed by atoms with Crippen LogP contribution in [-0.4, -0.2) is 68.8 Å². The summed E-state index contributed by atoms with van der Waals surface area (Å²) < 4.78 is 5.74. The Kier molecular flexibility index (Phi) is 6.42. The van der Waals surface area contributed by atoms with E-state index >= 15 is 0 Å². The largest absolute Gasteiger partial charge is 0.388 e. The lowest BCUT2D eigenvalue weighted by atomic mass is 10.1. The zero-order chi connectivity index (χ0) is 21.6. The molecule has 1 aliphatic heterocycles. The highest BCUT2D eigenvalue weighted by molar-refractivity contribution is 5.95. The SMILES string of the molecule is CCc1nc(Oc2nccc(C(=O)Cc3ccccc3)n2)nc(N2CCN(C)CC2)n1. The molecule has 0 radical (unpaired) electrons. The van der Waals surface area contributed by atoms with Crippen molar-refractivity contribution in [3.63, 3.8) is 0 Å². The first kappa shape index (κ1) is 20.8. The van der Waals surface area contributed by atoms with E-state index in [-0.39, 0.29) is 29.9 Å². The van der Waals surface area contributed by atoms with Crippen molar-refractivity contribution in [2.45, 2.75) is 19.8 Å². The molecular weight excluding hydrogens is 394 g/mol. The van der Waals surface area contributed by atoms with Crippen LogP contribution in [0.1, 0.15) is 28.8 Å². The average molecular weight is 419 g/mol. The number of aromatic nitrogens is 5. The summed E-state index contributed by atoms with van der Waals surface area (Å²) in [5.74, 6) is 1.11. The Balaban J connectivity index is 1.51. The molecule has 0 saturated carbocycles. The van der Waals surface area contributed by atoms with Gasteiger partial charge in [0, 0.05) is 45.2 Å². The number of benzene rings is 1. The number of hydrogen-bond acceptors (Lipinski definition) is 9. The highest BCUT2D eigenvalue weighted by Crippen LogP contribution is 2.18. The minimum Gasteiger partial charge on any atom is -0.388 e. The molecule has 0 amide bonds. The highest BCUT2D eigenvalue weighted by Gasteiger charge is 2.19. The van der Waals surface area contributed by atoms with Crippen LogP contribution in [0.15, 0.2) is 42.6 Å². The molecule has 160 valence electrons. The first-order chi connectivity index (χ1) is 15.1. The maximum Gasteiger partial charge on any atom is 0.329 e. The average Bonchev–Trinajstić information content (AvgIpc) is 2.80. The standard InChI is InChI=1S/C22H25N7O2/c1-3-19-25-20(29-13-11-28(2)12-14-29)27-22(26-19)31-21-23-10-9-17(24-21)18(30)15-16-7-5-4-6-8-16/h4-10H,3,11-15H2,1-2H3. The Hall–Kier alpha value is -3.46. The zero-order valence-corrected chi connectivity index (χ0v) is 17.7. The van der Waals surface area contributed by atoms with Gasteiger partial charge in [0.05, 0.1) is 0 Å². The lowest BCUT2D eigenvalue weighted by Gasteiger charge is -2.32. The first-order valence-corrected chi connectivity index (χ1v) is 10.4. The van der Waals surface area contributed by atoms with Crippen LogP contribution in [0, 0.1) is 0 Å². The van der Waals surface area contributed by atoms with Gasteiger partial charge in [0.25, 0.3) is 0 Å². The van der Waals surface area contributed by atoms with E-state index in [0.29, 0.717) is 18.2 Å². The summed E-state index contributed by atoms with van der Waals surface area (Å²) in [5, 5.41) is 0. The van der Waals surface area contributed by atoms with Gasteiger partial charge in [-0.1, -0.05) is 37.3 Å². The lowest BCUT2D eigenvalue weighted by molar-refractivity contribution is 0.0987. The molecule has 1 aromatic carbocycles. The number of rotatable bonds is 7. The van der Waals surface area contributed by atoms with Crippen molar-refractivity contribution >= 4 is 11.7 Å². The fourth-order valence-corrected chi connectivity index (χ4v) is 3.24. The Labute approximate surface area is 181 Å². The molecule has 0 atom stereocenters. The number of aryl methyl sites for hydroxylation is 1. The third-order valence-electron chi connectivity index (χ3n) is 5.06. The Morgan fingerprint density at radius 2 is 1.74 bits per heavy atom. The van der Waals surface area contributed by atoms with Crippen molar-refractivity contribution in [1.29, 1.82) is 0 Å². The molecule has 0 spiro atoms. The molecule has 0 bridgehead atoms. The second kappa shape index (κ2) is 9.57. The molecule has 3 aromatic rings. The van der Waals surface area contributed by atoms with E-state index in [4.69, 9.17) is 4.74 Å². The van der Waals surface area contributed by atoms with Crippen molar-refractivity contribution in [2.75, 3.05) is 38.1 Å². The van der Waals surface area contributed by atoms with Crippen molar-refractivity contribution in [2.24, 2.45) is 0 Å². The fraction of sp³-hybridized carbons (Fsp3) is 0.364. The van der Waals surface area contributed by atoms with E-state index in [0.717, 1.165) is 31.7 Å². The molecule has 0 N–H and O–H groups in total. The second-order valence-electron chi connectivity index (χ2n) is 7.39. The summed E-state index contributed by atoms with van der Waals surface area (Å²) in [7, 11) is 2.10. The van der Waals surface area contributed by atoms with Crippen molar-refractivity contribution < 1.29 is 9.53 Å². The van der Waals surface area contributed by atoms with Gasteiger partial charge in [-0.05, 0) is 18.7 Å². The lowest BCUT2D eigenvalue weighted by Crippen LogP contribution is -2.45. The molecule has 1 saturated heterocycles. The molecule has 3 heterocycles. The quantitative estimate of drug-likeness (QED) is 0.534. The molecule has 0 aliphatic carbocycles. The van der Waals surface area contributed by atoms with Crippen molar-refractivity contribution in [3.8, 4) is 12.0 Å². The first-order valence-electron chi connectivity index (χ1n) is 10.4. The van der Waals surface area contributed by atoms with Crippen molar-refractivity contribution in [3.05, 3.63) is 59.7 Å². The molecule has 31 heavy (non-hydrogen) atoms. The van der Waals surface area contributed by atoms with E-state index in [1.165, 1.54) is 6.20 Å². The highest BCUT2D eigenvalue weighted by atomic mass is 16.5. The normalized spacial score (nSPS) is 14.5. The van der Waals surface area contributed by atoms with Gasteiger partial charge in [-0.3, -0.25) is 4.79 Å². The molecule has 2 aromatic heterocycles. The van der Waals surface area contributed by atoms with Crippen LogP contribution >= 0.6 is 0 Å². The monoisotopic (exact) mass is 419 g/mol. The minimum atomic E-state index is -0.110. The number of hydrogen-bond donors (Lipinski definition) is 0. The van der Waals surface area contributed by atoms with Crippen LogP contribution in [0.25, 0.3) is 0 Å². The van der Waals surface area contributed by atoms with Crippen LogP contribution in [0.5, 0.6) is 12.0 Å². The Morgan fingerprint density at radius 3 is 2.48 bits per heavy atom. The van der Waals surface area contributed by atoms with Gasteiger partial charge in [0.1, 0.15) is 11.5 Å². The van der Waals surface area contributed by atoms with Gasteiger partial charge >= 0.3 is 12.0 Å². The van der Waals surface area contributed by atoms with Gasteiger partial charge in [0.2, 0.25) is 5.95 Å². The van der Waals surface area contributed by atoms with Crippen LogP contribution in [0.2, 0.25) is 0 Å². The van der Waals surface area contributed by atoms with Crippen LogP contribution in [0.4, 0.5) is 5.95 Å². The number of ketones is 1. The van der Waals surface area contributed by atoms with Gasteiger partial charge in [0.15, 0.2) is 5.78 Å². The van der Waals surface area contributed by atoms with Crippen molar-refractivity contribution in [1.82, 2.24) is 29.8 Å². The molecule has 9 nitrogen and oxygen atoms in total. The number of carbonyl (C=O) groups excluding carboxylic acids is 1. The molecular formula is C22H25N7O2. The van der Waals surface area contributed by atoms with E-state index in [1.807, 2.05) is 37.3 Å². The number of anilines is 1. The summed E-state index contributed by atoms with van der Waals surface area (Å²) in [6.45, 7) is 5.54. The predicted molar refractivity (Wildman–Crippen MR) is 115 cm³/mol. The van der Waals surface area contributed by atoms with Crippen LogP contribution < -0.4 is 9.64 Å². The van der Waals surface area contributed by atoms with Gasteiger partial charge in [-0.15, -0.1) is 0 Å². The van der Waals surface area contributed by atoms with E-state index in [1.54, 1.807) is 6.07 Å². The number of likely N-dealkylation sites (N-methyl/N-ethyl adjacent to an activating group) is 1. The van der Waals surface area contributed by atoms with Gasteiger partial charge in [-0.2, -0.15) is 19.9 Å². The number of ether oxygens (including phenoxy) is 1. The van der Waals surface area contributed by atoms with Crippen LogP contribution in [0.3, 0.4) is 0 Å². The number of piperazine rings is 1. The molecule has 1 aliphatic rings. The van der Waals surface area contributed by atoms with Gasteiger partial charge < -0.3 is 14.5 Å². The van der Waals surface area contributed by atoms with E-state index < -0.39 is 0 Å². The predicted octanol–water partition coefficient (Wildman–Crippen LogP) is 2.19. The summed E-state index contributed by atoms with van der Waals surface area (Å²) in [4.78, 5) is 38.8. The fourth-order valence-electron chi connectivity index (χ4n) is 3.24. The number of nitrogens with zero attached hydrogens (tertiary/aromatic N) is 7.